The summed E-state index contributed by atoms with van der Waals surface area (Å²) in [5, 5.41) is 0. The van der Waals surface area contributed by atoms with Gasteiger partial charge in [-0.05, 0) is 0 Å². The van der Waals surface area contributed by atoms with Crippen LogP contribution in [0.1, 0.15) is 5.69 Å². The van der Waals surface area contributed by atoms with Gasteiger partial charge in [0, 0.05) is 45.9 Å². The first-order chi connectivity index (χ1) is 7.67. The summed E-state index contributed by atoms with van der Waals surface area (Å²) in [6.07, 6.45) is 2.92. The summed E-state index contributed by atoms with van der Waals surface area (Å²) < 4.78 is 18.2. The van der Waals surface area contributed by atoms with Gasteiger partial charge in [0.25, 0.3) is 0 Å². The van der Waals surface area contributed by atoms with Gasteiger partial charge in [0.1, 0.15) is 7.05 Å². The van der Waals surface area contributed by atoms with E-state index in [-0.39, 0.29) is 0 Å². The van der Waals surface area contributed by atoms with Crippen LogP contribution in [0.2, 0.25) is 6.04 Å². The van der Waals surface area contributed by atoms with E-state index >= 15 is 0 Å². The van der Waals surface area contributed by atoms with Crippen LogP contribution in [0.4, 0.5) is 0 Å². The molecule has 0 saturated carbocycles. The molecule has 0 N–H and O–H groups in total. The number of aryl methyl sites for hydroxylation is 2. The third-order valence-corrected chi connectivity index (χ3v) is 5.51. The highest BCUT2D eigenvalue weighted by atomic mass is 28.4. The maximum atomic E-state index is 5.38. The Bertz CT molecular complexity index is 320. The normalized spacial score (nSPS) is 11.8. The van der Waals surface area contributed by atoms with Crippen molar-refractivity contribution in [1.29, 1.82) is 0 Å². The fourth-order valence-electron chi connectivity index (χ4n) is 1.66. The number of rotatable bonds is 6. The molecule has 16 heavy (non-hydrogen) atoms. The smallest absolute Gasteiger partial charge is 0.377 e. The molecule has 0 aromatic carbocycles. The van der Waals surface area contributed by atoms with Gasteiger partial charge in [0.15, 0.2) is 11.9 Å². The Morgan fingerprint density at radius 2 is 1.75 bits per heavy atom. The first-order valence-corrected chi connectivity index (χ1v) is 7.19. The van der Waals surface area contributed by atoms with E-state index < -0.39 is 8.80 Å². The Morgan fingerprint density at radius 1 is 1.12 bits per heavy atom. The molecule has 0 unspecified atom stereocenters. The van der Waals surface area contributed by atoms with E-state index in [1.165, 1.54) is 5.69 Å². The van der Waals surface area contributed by atoms with Crippen LogP contribution in [0.25, 0.3) is 0 Å². The van der Waals surface area contributed by atoms with Crippen LogP contribution in [0, 0.1) is 0 Å². The van der Waals surface area contributed by atoms with E-state index in [0.717, 1.165) is 12.5 Å². The van der Waals surface area contributed by atoms with Crippen molar-refractivity contribution in [2.45, 2.75) is 12.5 Å². The average molecular weight is 242 g/mol. The predicted molar refractivity (Wildman–Crippen MR) is 62.9 cm³/mol. The molecule has 0 bridgehead atoms. The van der Waals surface area contributed by atoms with Gasteiger partial charge in [-0.3, -0.25) is 0 Å². The maximum absolute atomic E-state index is 5.38. The van der Waals surface area contributed by atoms with Crippen LogP contribution in [0.15, 0.2) is 24.4 Å². The number of pyridine rings is 1. The first kappa shape index (κ1) is 13.3. The van der Waals surface area contributed by atoms with Gasteiger partial charge in [-0.25, -0.2) is 4.57 Å². The summed E-state index contributed by atoms with van der Waals surface area (Å²) in [4.78, 5) is 0. The Labute approximate surface area is 98.1 Å². The fraction of sp³-hybridized carbons (Fsp3) is 0.545. The van der Waals surface area contributed by atoms with Crippen LogP contribution in [-0.4, -0.2) is 30.1 Å². The van der Waals surface area contributed by atoms with Gasteiger partial charge >= 0.3 is 8.80 Å². The van der Waals surface area contributed by atoms with Crippen molar-refractivity contribution in [3.05, 3.63) is 30.1 Å². The lowest BCUT2D eigenvalue weighted by molar-refractivity contribution is -0.679. The minimum atomic E-state index is -2.44. The molecule has 4 nitrogen and oxygen atoms in total. The molecule has 1 rings (SSSR count). The molecule has 0 amide bonds. The minimum Gasteiger partial charge on any atom is -0.377 e. The van der Waals surface area contributed by atoms with E-state index in [1.807, 2.05) is 25.4 Å². The molecular formula is C11H20NO3Si+. The first-order valence-electron chi connectivity index (χ1n) is 5.26. The van der Waals surface area contributed by atoms with E-state index in [4.69, 9.17) is 13.3 Å². The van der Waals surface area contributed by atoms with Crippen molar-refractivity contribution in [2.24, 2.45) is 7.05 Å². The summed E-state index contributed by atoms with van der Waals surface area (Å²) in [5.41, 5.74) is 1.24. The molecule has 1 aromatic rings. The van der Waals surface area contributed by atoms with Crippen molar-refractivity contribution in [3.8, 4) is 0 Å². The van der Waals surface area contributed by atoms with Crippen molar-refractivity contribution >= 4 is 8.80 Å². The number of hydrogen-bond acceptors (Lipinski definition) is 3. The van der Waals surface area contributed by atoms with Gasteiger partial charge in [-0.1, -0.05) is 6.07 Å². The highest BCUT2D eigenvalue weighted by Crippen LogP contribution is 2.14. The molecule has 0 aliphatic carbocycles. The SMILES string of the molecule is CO[Si](CCc1cccc[n+]1C)(OC)OC. The molecule has 0 fully saturated rings. The van der Waals surface area contributed by atoms with Crippen molar-refractivity contribution in [1.82, 2.24) is 0 Å². The second-order valence-corrected chi connectivity index (χ2v) is 6.69. The summed E-state index contributed by atoms with van der Waals surface area (Å²) in [7, 11) is 4.53. The Hall–Kier alpha value is -0.753. The van der Waals surface area contributed by atoms with Crippen LogP contribution >= 0.6 is 0 Å². The lowest BCUT2D eigenvalue weighted by atomic mass is 10.3. The molecule has 0 atom stereocenters. The highest BCUT2D eigenvalue weighted by molar-refractivity contribution is 6.60. The molecule has 0 aliphatic heterocycles. The zero-order chi connectivity index (χ0) is 12.0. The van der Waals surface area contributed by atoms with Gasteiger partial charge in [0.2, 0.25) is 0 Å². The maximum Gasteiger partial charge on any atom is 0.500 e. The zero-order valence-electron chi connectivity index (χ0n) is 10.4. The molecule has 0 saturated heterocycles. The molecule has 90 valence electrons. The third kappa shape index (κ3) is 3.12. The van der Waals surface area contributed by atoms with Crippen molar-refractivity contribution in [2.75, 3.05) is 21.3 Å². The highest BCUT2D eigenvalue weighted by Gasteiger charge is 2.38. The Morgan fingerprint density at radius 3 is 2.25 bits per heavy atom. The van der Waals surface area contributed by atoms with E-state index in [1.54, 1.807) is 21.3 Å². The van der Waals surface area contributed by atoms with Crippen molar-refractivity contribution in [3.63, 3.8) is 0 Å². The summed E-state index contributed by atoms with van der Waals surface area (Å²) in [6.45, 7) is 0. The van der Waals surface area contributed by atoms with Gasteiger partial charge in [-0.2, -0.15) is 0 Å². The topological polar surface area (TPSA) is 31.6 Å². The average Bonchev–Trinajstić information content (AvgIpc) is 2.34. The van der Waals surface area contributed by atoms with E-state index in [0.29, 0.717) is 0 Å². The van der Waals surface area contributed by atoms with Crippen LogP contribution in [0.5, 0.6) is 0 Å². The van der Waals surface area contributed by atoms with Crippen LogP contribution in [0.3, 0.4) is 0 Å². The van der Waals surface area contributed by atoms with Crippen LogP contribution in [-0.2, 0) is 26.7 Å². The standard InChI is InChI=1S/C11H20NO3Si/c1-12-9-6-5-7-11(12)8-10-16(13-2,14-3)15-4/h5-7,9H,8,10H2,1-4H3/q+1. The third-order valence-electron chi connectivity index (χ3n) is 2.78. The minimum absolute atomic E-state index is 0.786. The molecule has 1 heterocycles. The largest absolute Gasteiger partial charge is 0.500 e. The van der Waals surface area contributed by atoms with Gasteiger partial charge in [0.05, 0.1) is 0 Å². The zero-order valence-corrected chi connectivity index (χ0v) is 11.4. The van der Waals surface area contributed by atoms with E-state index in [9.17, 15) is 0 Å². The number of hydrogen-bond donors (Lipinski definition) is 0. The Kier molecular flexibility index (Phi) is 5.07. The summed E-state index contributed by atoms with van der Waals surface area (Å²) in [6, 6.07) is 6.93. The second-order valence-electron chi connectivity index (χ2n) is 3.60. The molecule has 1 aromatic heterocycles. The molecule has 0 aliphatic rings. The molecular weight excluding hydrogens is 222 g/mol. The monoisotopic (exact) mass is 242 g/mol. The Balaban J connectivity index is 2.66. The number of aromatic nitrogens is 1. The quantitative estimate of drug-likeness (QED) is 0.549. The predicted octanol–water partition coefficient (Wildman–Crippen LogP) is 0.932. The summed E-state index contributed by atoms with van der Waals surface area (Å²) >= 11 is 0. The lowest BCUT2D eigenvalue weighted by Gasteiger charge is -2.23. The lowest BCUT2D eigenvalue weighted by Crippen LogP contribution is -2.44. The van der Waals surface area contributed by atoms with E-state index in [2.05, 4.69) is 10.6 Å². The van der Waals surface area contributed by atoms with Crippen LogP contribution < -0.4 is 4.57 Å². The summed E-state index contributed by atoms with van der Waals surface area (Å²) in [5.74, 6) is 0. The second kappa shape index (κ2) is 6.10. The molecule has 0 spiro atoms. The fourth-order valence-corrected chi connectivity index (χ4v) is 3.33. The molecule has 0 radical (unpaired) electrons. The number of nitrogens with zero attached hydrogens (tertiary/aromatic N) is 1. The van der Waals surface area contributed by atoms with Gasteiger partial charge in [-0.15, -0.1) is 0 Å². The molecule has 5 heteroatoms. The van der Waals surface area contributed by atoms with Crippen molar-refractivity contribution < 1.29 is 17.8 Å². The van der Waals surface area contributed by atoms with Gasteiger partial charge < -0.3 is 13.3 Å².